The van der Waals surface area contributed by atoms with Crippen molar-refractivity contribution < 1.29 is 14.3 Å². The second kappa shape index (κ2) is 4.77. The summed E-state index contributed by atoms with van der Waals surface area (Å²) in [5, 5.41) is 2.87. The number of benzene rings is 1. The average molecular weight is 339 g/mol. The molecule has 3 amide bonds. The smallest absolute Gasteiger partial charge is 0.329 e. The number of methoxy groups -OCH3 is 1. The average Bonchev–Trinajstić information content (AvgIpc) is 2.96. The number of anilines is 1. The van der Waals surface area contributed by atoms with Crippen molar-refractivity contribution in [1.82, 2.24) is 5.32 Å². The standard InChI is InChI=1S/C14H15BrN2O3/c1-20-11-7-9(15)6-10(8-11)17-12(18)14(16-13(17)19)4-2-3-5-14/h6-8H,2-5H2,1H3,(H,16,19). The quantitative estimate of drug-likeness (QED) is 0.843. The summed E-state index contributed by atoms with van der Waals surface area (Å²) in [6, 6.07) is 4.87. The minimum atomic E-state index is -0.688. The van der Waals surface area contributed by atoms with E-state index in [-0.39, 0.29) is 11.9 Å². The Kier molecular flexibility index (Phi) is 3.20. The van der Waals surface area contributed by atoms with Crippen LogP contribution in [-0.4, -0.2) is 24.6 Å². The number of imide groups is 1. The van der Waals surface area contributed by atoms with Crippen LogP contribution >= 0.6 is 15.9 Å². The van der Waals surface area contributed by atoms with Gasteiger partial charge in [0.15, 0.2) is 0 Å². The third kappa shape index (κ3) is 1.98. The van der Waals surface area contributed by atoms with E-state index in [1.807, 2.05) is 0 Å². The molecular formula is C14H15BrN2O3. The van der Waals surface area contributed by atoms with Crippen LogP contribution < -0.4 is 15.0 Å². The number of nitrogens with one attached hydrogen (secondary N) is 1. The molecule has 0 radical (unpaired) electrons. The van der Waals surface area contributed by atoms with Crippen LogP contribution in [0.25, 0.3) is 0 Å². The Morgan fingerprint density at radius 2 is 1.95 bits per heavy atom. The molecule has 1 aliphatic heterocycles. The van der Waals surface area contributed by atoms with Gasteiger partial charge in [-0.1, -0.05) is 28.8 Å². The molecule has 1 spiro atoms. The Labute approximate surface area is 125 Å². The maximum Gasteiger partial charge on any atom is 0.329 e. The molecule has 3 rings (SSSR count). The van der Waals surface area contributed by atoms with E-state index in [0.717, 1.165) is 30.2 Å². The third-order valence-electron chi connectivity index (χ3n) is 3.97. The molecule has 1 N–H and O–H groups in total. The van der Waals surface area contributed by atoms with Gasteiger partial charge in [0, 0.05) is 10.5 Å². The summed E-state index contributed by atoms with van der Waals surface area (Å²) in [6.45, 7) is 0. The van der Waals surface area contributed by atoms with Crippen LogP contribution in [-0.2, 0) is 4.79 Å². The van der Waals surface area contributed by atoms with Crippen LogP contribution in [0.2, 0.25) is 0 Å². The molecule has 1 saturated heterocycles. The molecule has 1 aliphatic carbocycles. The molecule has 0 atom stereocenters. The van der Waals surface area contributed by atoms with Crippen LogP contribution in [0, 0.1) is 0 Å². The number of hydrogen-bond acceptors (Lipinski definition) is 3. The van der Waals surface area contributed by atoms with E-state index >= 15 is 0 Å². The summed E-state index contributed by atoms with van der Waals surface area (Å²) in [4.78, 5) is 26.1. The Morgan fingerprint density at radius 1 is 1.25 bits per heavy atom. The SMILES string of the molecule is COc1cc(Br)cc(N2C(=O)NC3(CCCC3)C2=O)c1. The lowest BCUT2D eigenvalue weighted by Crippen LogP contribution is -2.44. The highest BCUT2D eigenvalue weighted by Gasteiger charge is 2.52. The summed E-state index contributed by atoms with van der Waals surface area (Å²) in [5.41, 5.74) is -0.158. The van der Waals surface area contributed by atoms with Gasteiger partial charge in [-0.25, -0.2) is 9.69 Å². The molecule has 1 aromatic rings. The highest BCUT2D eigenvalue weighted by atomic mass is 79.9. The zero-order chi connectivity index (χ0) is 14.3. The van der Waals surface area contributed by atoms with Crippen LogP contribution in [0.15, 0.2) is 22.7 Å². The number of halogens is 1. The van der Waals surface area contributed by atoms with Crippen molar-refractivity contribution in [2.45, 2.75) is 31.2 Å². The molecule has 1 heterocycles. The summed E-state index contributed by atoms with van der Waals surface area (Å²) < 4.78 is 5.95. The lowest BCUT2D eigenvalue weighted by molar-refractivity contribution is -0.121. The van der Waals surface area contributed by atoms with Gasteiger partial charge >= 0.3 is 6.03 Å². The number of nitrogens with zero attached hydrogens (tertiary/aromatic N) is 1. The number of carbonyl (C=O) groups excluding carboxylic acids is 2. The first kappa shape index (κ1) is 13.4. The molecule has 0 aromatic heterocycles. The molecule has 2 aliphatic rings. The normalized spacial score (nSPS) is 20.6. The van der Waals surface area contributed by atoms with E-state index in [0.29, 0.717) is 11.4 Å². The van der Waals surface area contributed by atoms with Crippen LogP contribution in [0.1, 0.15) is 25.7 Å². The predicted octanol–water partition coefficient (Wildman–Crippen LogP) is 2.83. The summed E-state index contributed by atoms with van der Waals surface area (Å²) >= 11 is 3.37. The Bertz CT molecular complexity index is 582. The molecule has 20 heavy (non-hydrogen) atoms. The second-order valence-corrected chi connectivity index (χ2v) is 6.12. The first-order chi connectivity index (χ1) is 9.55. The molecule has 5 nitrogen and oxygen atoms in total. The maximum absolute atomic E-state index is 12.6. The fraction of sp³-hybridized carbons (Fsp3) is 0.429. The zero-order valence-electron chi connectivity index (χ0n) is 11.1. The Hall–Kier alpha value is -1.56. The van der Waals surface area contributed by atoms with Crippen LogP contribution in [0.5, 0.6) is 5.75 Å². The van der Waals surface area contributed by atoms with Gasteiger partial charge in [0.2, 0.25) is 0 Å². The summed E-state index contributed by atoms with van der Waals surface area (Å²) in [6.07, 6.45) is 3.39. The van der Waals surface area contributed by atoms with Crippen molar-refractivity contribution in [2.75, 3.05) is 12.0 Å². The zero-order valence-corrected chi connectivity index (χ0v) is 12.7. The first-order valence-corrected chi connectivity index (χ1v) is 7.36. The molecule has 0 bridgehead atoms. The largest absolute Gasteiger partial charge is 0.497 e. The van der Waals surface area contributed by atoms with E-state index < -0.39 is 5.54 Å². The van der Waals surface area contributed by atoms with Crippen molar-refractivity contribution in [1.29, 1.82) is 0 Å². The molecule has 1 aromatic carbocycles. The monoisotopic (exact) mass is 338 g/mol. The number of rotatable bonds is 2. The highest BCUT2D eigenvalue weighted by molar-refractivity contribution is 9.10. The molecule has 0 unspecified atom stereocenters. The van der Waals surface area contributed by atoms with Gasteiger partial charge in [0.25, 0.3) is 5.91 Å². The third-order valence-corrected chi connectivity index (χ3v) is 4.43. The fourth-order valence-corrected chi connectivity index (χ4v) is 3.43. The maximum atomic E-state index is 12.6. The van der Waals surface area contributed by atoms with Gasteiger partial charge in [-0.05, 0) is 25.0 Å². The number of urea groups is 1. The Morgan fingerprint density at radius 3 is 2.60 bits per heavy atom. The first-order valence-electron chi connectivity index (χ1n) is 6.57. The minimum absolute atomic E-state index is 0.153. The Balaban J connectivity index is 2.00. The lowest BCUT2D eigenvalue weighted by atomic mass is 9.98. The van der Waals surface area contributed by atoms with Crippen LogP contribution in [0.3, 0.4) is 0 Å². The number of hydrogen-bond donors (Lipinski definition) is 1. The molecule has 106 valence electrons. The highest BCUT2D eigenvalue weighted by Crippen LogP contribution is 2.38. The number of ether oxygens (including phenoxy) is 1. The number of amides is 3. The van der Waals surface area contributed by atoms with Crippen molar-refractivity contribution in [2.24, 2.45) is 0 Å². The van der Waals surface area contributed by atoms with Crippen LogP contribution in [0.4, 0.5) is 10.5 Å². The molecule has 6 heteroatoms. The van der Waals surface area contributed by atoms with Gasteiger partial charge < -0.3 is 10.1 Å². The van der Waals surface area contributed by atoms with Crippen molar-refractivity contribution in [3.8, 4) is 5.75 Å². The van der Waals surface area contributed by atoms with E-state index in [9.17, 15) is 9.59 Å². The fourth-order valence-electron chi connectivity index (χ4n) is 2.97. The van der Waals surface area contributed by atoms with Gasteiger partial charge in [0.1, 0.15) is 11.3 Å². The predicted molar refractivity (Wildman–Crippen MR) is 77.9 cm³/mol. The summed E-state index contributed by atoms with van der Waals surface area (Å²) in [5.74, 6) is 0.447. The van der Waals surface area contributed by atoms with Gasteiger partial charge in [-0.2, -0.15) is 0 Å². The summed E-state index contributed by atoms with van der Waals surface area (Å²) in [7, 11) is 1.55. The molecular weight excluding hydrogens is 324 g/mol. The van der Waals surface area contributed by atoms with E-state index in [1.54, 1.807) is 25.3 Å². The topological polar surface area (TPSA) is 58.6 Å². The van der Waals surface area contributed by atoms with E-state index in [2.05, 4.69) is 21.2 Å². The van der Waals surface area contributed by atoms with Crippen molar-refractivity contribution >= 4 is 33.6 Å². The van der Waals surface area contributed by atoms with E-state index in [4.69, 9.17) is 4.74 Å². The molecule has 2 fully saturated rings. The minimum Gasteiger partial charge on any atom is -0.497 e. The second-order valence-electron chi connectivity index (χ2n) is 5.21. The molecule has 1 saturated carbocycles. The van der Waals surface area contributed by atoms with Crippen molar-refractivity contribution in [3.63, 3.8) is 0 Å². The lowest BCUT2D eigenvalue weighted by Gasteiger charge is -2.20. The van der Waals surface area contributed by atoms with Crippen molar-refractivity contribution in [3.05, 3.63) is 22.7 Å². The number of carbonyl (C=O) groups is 2. The van der Waals surface area contributed by atoms with Gasteiger partial charge in [-0.15, -0.1) is 0 Å². The van der Waals surface area contributed by atoms with Gasteiger partial charge in [0.05, 0.1) is 12.8 Å². The van der Waals surface area contributed by atoms with Gasteiger partial charge in [-0.3, -0.25) is 4.79 Å². The van der Waals surface area contributed by atoms with E-state index in [1.165, 1.54) is 4.90 Å².